The van der Waals surface area contributed by atoms with Gasteiger partial charge in [-0.05, 0) is 87.8 Å². The van der Waals surface area contributed by atoms with Crippen LogP contribution in [-0.2, 0) is 10.3 Å². The Bertz CT molecular complexity index is 1180. The van der Waals surface area contributed by atoms with Crippen LogP contribution >= 0.6 is 12.2 Å². The molecule has 4 rings (SSSR count). The van der Waals surface area contributed by atoms with Gasteiger partial charge in [-0.3, -0.25) is 9.78 Å². The van der Waals surface area contributed by atoms with Crippen LogP contribution in [0.15, 0.2) is 61.1 Å². The molecule has 7 heteroatoms. The first kappa shape index (κ1) is 24.0. The quantitative estimate of drug-likeness (QED) is 0.477. The molecule has 0 spiro atoms. The second-order valence-electron chi connectivity index (χ2n) is 9.96. The number of aryl methyl sites for hydroxylation is 2. The Morgan fingerprint density at radius 1 is 1.18 bits per heavy atom. The minimum Gasteiger partial charge on any atom is -0.352 e. The van der Waals surface area contributed by atoms with Crippen molar-refractivity contribution < 1.29 is 4.79 Å². The molecule has 1 amide bonds. The lowest BCUT2D eigenvalue weighted by molar-refractivity contribution is -0.116. The number of pyridine rings is 1. The van der Waals surface area contributed by atoms with Crippen molar-refractivity contribution in [2.45, 2.75) is 58.7 Å². The van der Waals surface area contributed by atoms with Crippen LogP contribution in [0.5, 0.6) is 0 Å². The molecule has 0 unspecified atom stereocenters. The molecule has 1 aromatic carbocycles. The van der Waals surface area contributed by atoms with E-state index in [4.69, 9.17) is 12.2 Å². The van der Waals surface area contributed by atoms with Crippen LogP contribution in [0.3, 0.4) is 0 Å². The van der Waals surface area contributed by atoms with Crippen LogP contribution < -0.4 is 10.6 Å². The molecule has 1 fully saturated rings. The third kappa shape index (κ3) is 5.14. The Hall–Kier alpha value is -3.19. The normalized spacial score (nSPS) is 18.1. The molecule has 2 aromatic heterocycles. The Morgan fingerprint density at radius 2 is 1.97 bits per heavy atom. The van der Waals surface area contributed by atoms with Gasteiger partial charge in [-0.1, -0.05) is 18.2 Å². The minimum atomic E-state index is -0.0911. The zero-order chi connectivity index (χ0) is 24.5. The summed E-state index contributed by atoms with van der Waals surface area (Å²) in [4.78, 5) is 19.6. The molecular weight excluding hydrogens is 442 g/mol. The monoisotopic (exact) mass is 475 g/mol. The smallest absolute Gasteiger partial charge is 0.226 e. The molecule has 2 N–H and O–H groups in total. The molecule has 0 aliphatic carbocycles. The van der Waals surface area contributed by atoms with Crippen LogP contribution in [-0.4, -0.2) is 32.0 Å². The lowest BCUT2D eigenvalue weighted by Gasteiger charge is -2.27. The predicted octanol–water partition coefficient (Wildman–Crippen LogP) is 5.26. The van der Waals surface area contributed by atoms with E-state index in [0.29, 0.717) is 18.1 Å². The molecular formula is C27H33N5OS. The molecule has 2 atom stereocenters. The van der Waals surface area contributed by atoms with E-state index in [9.17, 15) is 4.79 Å². The van der Waals surface area contributed by atoms with Crippen molar-refractivity contribution in [1.82, 2.24) is 19.8 Å². The van der Waals surface area contributed by atoms with Crippen molar-refractivity contribution in [2.24, 2.45) is 0 Å². The van der Waals surface area contributed by atoms with Crippen molar-refractivity contribution >= 4 is 28.9 Å². The number of amides is 1. The van der Waals surface area contributed by atoms with Gasteiger partial charge in [-0.15, -0.1) is 0 Å². The topological polar surface area (TPSA) is 62.2 Å². The van der Waals surface area contributed by atoms with Crippen molar-refractivity contribution in [2.75, 3.05) is 11.9 Å². The van der Waals surface area contributed by atoms with E-state index in [1.807, 2.05) is 50.2 Å². The summed E-state index contributed by atoms with van der Waals surface area (Å²) in [7, 11) is 0. The summed E-state index contributed by atoms with van der Waals surface area (Å²) in [5.74, 6) is -0.0243. The number of nitrogens with one attached hydrogen (secondary N) is 2. The average Bonchev–Trinajstić information content (AvgIpc) is 3.40. The Labute approximate surface area is 207 Å². The highest BCUT2D eigenvalue weighted by Gasteiger charge is 2.40. The fourth-order valence-corrected chi connectivity index (χ4v) is 4.65. The summed E-state index contributed by atoms with van der Waals surface area (Å²) >= 11 is 5.74. The Kier molecular flexibility index (Phi) is 6.75. The minimum absolute atomic E-state index is 0.0243. The summed E-state index contributed by atoms with van der Waals surface area (Å²) in [5, 5.41) is 7.17. The fourth-order valence-electron chi connectivity index (χ4n) is 4.32. The molecule has 3 heterocycles. The summed E-state index contributed by atoms with van der Waals surface area (Å²) in [6.07, 6.45) is 6.43. The number of aromatic nitrogens is 2. The van der Waals surface area contributed by atoms with Gasteiger partial charge in [-0.2, -0.15) is 0 Å². The first-order valence-electron chi connectivity index (χ1n) is 11.7. The number of rotatable bonds is 6. The van der Waals surface area contributed by atoms with Gasteiger partial charge >= 0.3 is 0 Å². The molecule has 34 heavy (non-hydrogen) atoms. The lowest BCUT2D eigenvalue weighted by atomic mass is 9.99. The highest BCUT2D eigenvalue weighted by atomic mass is 32.1. The van der Waals surface area contributed by atoms with Gasteiger partial charge in [0.1, 0.15) is 0 Å². The molecule has 0 bridgehead atoms. The number of nitrogens with zero attached hydrogens (tertiary/aromatic N) is 3. The maximum Gasteiger partial charge on any atom is 0.226 e. The van der Waals surface area contributed by atoms with Crippen molar-refractivity contribution in [3.63, 3.8) is 0 Å². The molecule has 178 valence electrons. The number of anilines is 1. The maximum atomic E-state index is 12.9. The molecule has 1 aliphatic rings. The highest BCUT2D eigenvalue weighted by Crippen LogP contribution is 2.39. The third-order valence-electron chi connectivity index (χ3n) is 6.28. The number of carbonyl (C=O) groups excluding carboxylic acids is 1. The fraction of sp³-hybridized carbons (Fsp3) is 0.370. The summed E-state index contributed by atoms with van der Waals surface area (Å²) in [6, 6.07) is 14.0. The largest absolute Gasteiger partial charge is 0.352 e. The van der Waals surface area contributed by atoms with Crippen LogP contribution in [0.2, 0.25) is 0 Å². The van der Waals surface area contributed by atoms with Crippen molar-refractivity contribution in [3.05, 3.63) is 83.4 Å². The molecule has 0 radical (unpaired) electrons. The van der Waals surface area contributed by atoms with E-state index in [1.54, 1.807) is 6.20 Å². The van der Waals surface area contributed by atoms with Gasteiger partial charge in [0, 0.05) is 42.8 Å². The number of benzene rings is 1. The summed E-state index contributed by atoms with van der Waals surface area (Å²) < 4.78 is 2.21. The maximum absolute atomic E-state index is 12.9. The van der Waals surface area contributed by atoms with E-state index in [-0.39, 0.29) is 23.5 Å². The van der Waals surface area contributed by atoms with Crippen LogP contribution in [0, 0.1) is 13.8 Å². The first-order valence-corrected chi connectivity index (χ1v) is 12.1. The van der Waals surface area contributed by atoms with Gasteiger partial charge in [-0.25, -0.2) is 0 Å². The van der Waals surface area contributed by atoms with Crippen molar-refractivity contribution in [1.29, 1.82) is 0 Å². The average molecular weight is 476 g/mol. The molecule has 3 aromatic rings. The number of thiocarbonyl (C=S) groups is 1. The Morgan fingerprint density at radius 3 is 2.65 bits per heavy atom. The predicted molar refractivity (Wildman–Crippen MR) is 141 cm³/mol. The van der Waals surface area contributed by atoms with Gasteiger partial charge in [0.25, 0.3) is 0 Å². The molecule has 1 aliphatic heterocycles. The van der Waals surface area contributed by atoms with Gasteiger partial charge in [0.15, 0.2) is 5.11 Å². The van der Waals surface area contributed by atoms with E-state index in [0.717, 1.165) is 28.1 Å². The van der Waals surface area contributed by atoms with E-state index < -0.39 is 0 Å². The summed E-state index contributed by atoms with van der Waals surface area (Å²) in [6.45, 7) is 11.1. The zero-order valence-corrected chi connectivity index (χ0v) is 21.3. The van der Waals surface area contributed by atoms with Crippen molar-refractivity contribution in [3.8, 4) is 0 Å². The van der Waals surface area contributed by atoms with Crippen LogP contribution in [0.1, 0.15) is 61.7 Å². The van der Waals surface area contributed by atoms with E-state index in [1.165, 1.54) is 0 Å². The number of hydrogen-bond donors (Lipinski definition) is 2. The third-order valence-corrected chi connectivity index (χ3v) is 6.63. The number of carbonyl (C=O) groups is 1. The second kappa shape index (κ2) is 9.58. The lowest BCUT2D eigenvalue weighted by Crippen LogP contribution is -2.32. The summed E-state index contributed by atoms with van der Waals surface area (Å²) in [5.41, 5.74) is 5.08. The Balaban J connectivity index is 1.56. The number of hydrogen-bond acceptors (Lipinski definition) is 3. The van der Waals surface area contributed by atoms with Crippen LogP contribution in [0.25, 0.3) is 0 Å². The molecule has 1 saturated heterocycles. The highest BCUT2D eigenvalue weighted by molar-refractivity contribution is 7.80. The van der Waals surface area contributed by atoms with Gasteiger partial charge < -0.3 is 20.1 Å². The van der Waals surface area contributed by atoms with Crippen LogP contribution in [0.4, 0.5) is 5.69 Å². The SMILES string of the molecule is Cc1ccc(C)c(NC(=O)CCN2C(=S)N[C@@H](c3ccccn3)[C@H]2c2ccn(C(C)(C)C)c2)c1. The molecule has 6 nitrogen and oxygen atoms in total. The van der Waals surface area contributed by atoms with Gasteiger partial charge in [0.2, 0.25) is 5.91 Å². The van der Waals surface area contributed by atoms with E-state index in [2.05, 4.69) is 64.3 Å². The zero-order valence-electron chi connectivity index (χ0n) is 20.5. The van der Waals surface area contributed by atoms with E-state index >= 15 is 0 Å². The first-order chi connectivity index (χ1) is 16.1. The van der Waals surface area contributed by atoms with Gasteiger partial charge in [0.05, 0.1) is 17.8 Å². The molecule has 0 saturated carbocycles. The standard InChI is InChI=1S/C27H33N5OS/c1-18-9-10-19(2)22(16-18)29-23(33)12-15-32-25(20-11-14-31(17-20)27(3,4)5)24(30-26(32)34)21-8-6-7-13-28-21/h6-11,13-14,16-17,24-25H,12,15H2,1-5H3,(H,29,33)(H,30,34)/t24-,25+/m0/s1. The second-order valence-corrected chi connectivity index (χ2v) is 10.3.